The van der Waals surface area contributed by atoms with Crippen LogP contribution in [0.3, 0.4) is 0 Å². The highest BCUT2D eigenvalue weighted by Gasteiger charge is 2.43. The number of nitrogens with one attached hydrogen (secondary N) is 5. The monoisotopic (exact) mass is 970 g/mol. The van der Waals surface area contributed by atoms with E-state index in [1.165, 1.54) is 17.4 Å². The second-order valence-corrected chi connectivity index (χ2v) is 18.7. The average molecular weight is 971 g/mol. The Morgan fingerprint density at radius 3 is 2.14 bits per heavy atom. The zero-order valence-corrected chi connectivity index (χ0v) is 40.2. The third-order valence-corrected chi connectivity index (χ3v) is 14.2. The number of morpholine rings is 1. The van der Waals surface area contributed by atoms with Crippen molar-refractivity contribution in [3.8, 4) is 17.0 Å². The van der Waals surface area contributed by atoms with Crippen LogP contribution in [0.2, 0.25) is 0 Å². The number of benzene rings is 3. The SMILES string of the molecule is CNC(C)C(=O)NC(C(=O)N1CCCC1C(=O)NC(C(=O)NCCCCNC(=O)COc1c(-c2csc(N3CCOCC3)n2)ccc(F)c1F)C(c1ccccc1)c1ccccc1)C1CCCCC1. The van der Waals surface area contributed by atoms with E-state index in [4.69, 9.17) is 9.47 Å². The average Bonchev–Trinajstić information content (AvgIpc) is 4.09. The summed E-state index contributed by atoms with van der Waals surface area (Å²) in [7, 11) is 1.69. The Hall–Kier alpha value is -5.98. The topological polar surface area (TPSA) is 183 Å². The highest BCUT2D eigenvalue weighted by Crippen LogP contribution is 2.37. The lowest BCUT2D eigenvalue weighted by molar-refractivity contribution is -0.143. The first-order valence-electron chi connectivity index (χ1n) is 24.2. The van der Waals surface area contributed by atoms with E-state index in [-0.39, 0.29) is 36.4 Å². The second kappa shape index (κ2) is 25.0. The van der Waals surface area contributed by atoms with E-state index in [0.717, 1.165) is 54.4 Å². The molecule has 1 aromatic heterocycles. The molecule has 4 atom stereocenters. The van der Waals surface area contributed by atoms with E-state index < -0.39 is 71.8 Å². The summed E-state index contributed by atoms with van der Waals surface area (Å²) >= 11 is 1.37. The quantitative estimate of drug-likeness (QED) is 0.0688. The molecule has 4 aromatic rings. The minimum atomic E-state index is -1.22. The van der Waals surface area contributed by atoms with Crippen LogP contribution < -0.4 is 36.2 Å². The summed E-state index contributed by atoms with van der Waals surface area (Å²) in [6, 6.07) is 18.1. The molecule has 18 heteroatoms. The highest BCUT2D eigenvalue weighted by atomic mass is 32.1. The zero-order valence-electron chi connectivity index (χ0n) is 39.4. The Balaban J connectivity index is 0.978. The van der Waals surface area contributed by atoms with Crippen molar-refractivity contribution < 1.29 is 42.2 Å². The lowest BCUT2D eigenvalue weighted by Crippen LogP contribution is -2.59. The number of aromatic nitrogens is 1. The normalized spacial score (nSPS) is 17.7. The number of ether oxygens (including phenoxy) is 2. The number of hydrogen-bond donors (Lipinski definition) is 5. The molecule has 1 saturated carbocycles. The van der Waals surface area contributed by atoms with Crippen LogP contribution in [0.5, 0.6) is 5.75 Å². The molecular weight excluding hydrogens is 907 g/mol. The molecule has 0 spiro atoms. The van der Waals surface area contributed by atoms with Gasteiger partial charge in [0.05, 0.1) is 24.9 Å². The van der Waals surface area contributed by atoms with Gasteiger partial charge in [-0.15, -0.1) is 11.3 Å². The van der Waals surface area contributed by atoms with Gasteiger partial charge in [0.15, 0.2) is 23.3 Å². The summed E-state index contributed by atoms with van der Waals surface area (Å²) in [5, 5.41) is 17.3. The van der Waals surface area contributed by atoms with E-state index in [1.54, 1.807) is 24.3 Å². The van der Waals surface area contributed by atoms with Crippen LogP contribution in [-0.4, -0.2) is 123 Å². The summed E-state index contributed by atoms with van der Waals surface area (Å²) in [4.78, 5) is 77.8. The molecule has 5 N–H and O–H groups in total. The number of halogens is 2. The van der Waals surface area contributed by atoms with Crippen molar-refractivity contribution in [3.05, 3.63) is 101 Å². The molecule has 3 aromatic carbocycles. The second-order valence-electron chi connectivity index (χ2n) is 17.9. The van der Waals surface area contributed by atoms with Gasteiger partial charge in [-0.1, -0.05) is 79.9 Å². The third-order valence-electron chi connectivity index (χ3n) is 13.3. The van der Waals surface area contributed by atoms with Crippen molar-refractivity contribution in [2.45, 2.75) is 94.8 Å². The van der Waals surface area contributed by atoms with E-state index in [0.29, 0.717) is 64.2 Å². The molecule has 3 fully saturated rings. The zero-order chi connectivity index (χ0) is 48.7. The number of carbonyl (C=O) groups excluding carboxylic acids is 5. The number of anilines is 1. The van der Waals surface area contributed by atoms with Crippen LogP contribution in [-0.2, 0) is 28.7 Å². The van der Waals surface area contributed by atoms with Crippen LogP contribution in [0.25, 0.3) is 11.3 Å². The number of nitrogens with zero attached hydrogens (tertiary/aromatic N) is 3. The summed E-state index contributed by atoms with van der Waals surface area (Å²) in [6.07, 6.45) is 6.51. The van der Waals surface area contributed by atoms with E-state index >= 15 is 4.39 Å². The minimum Gasteiger partial charge on any atom is -0.480 e. The van der Waals surface area contributed by atoms with E-state index in [9.17, 15) is 28.4 Å². The van der Waals surface area contributed by atoms with E-state index in [1.807, 2.05) is 60.7 Å². The maximum absolute atomic E-state index is 15.1. The standard InChI is InChI=1S/C51H64F2N8O7S/c1-33(54-2)47(63)58-44(36-19-10-5-11-20-36)50(66)61-26-14-21-40(61)48(64)59-45(42(34-15-6-3-7-16-34)35-17-8-4-9-18-35)49(65)56-25-13-12-24-55-41(62)31-68-46-37(22-23-38(52)43(46)53)39-32-69-51(57-39)60-27-29-67-30-28-60/h3-4,6-9,15-18,22-23,32-33,36,40,42,44-45,54H,5,10-14,19-21,24-31H2,1-2H3,(H,55,62)(H,56,65)(H,58,63)(H,59,64). The van der Waals surface area contributed by atoms with Gasteiger partial charge in [-0.25, -0.2) is 9.37 Å². The largest absolute Gasteiger partial charge is 0.480 e. The molecule has 370 valence electrons. The van der Waals surface area contributed by atoms with Crippen LogP contribution in [0.15, 0.2) is 78.2 Å². The fraction of sp³-hybridized carbons (Fsp3) is 0.490. The summed E-state index contributed by atoms with van der Waals surface area (Å²) in [6.45, 7) is 4.40. The molecule has 0 bridgehead atoms. The number of likely N-dealkylation sites (N-methyl/N-ethyl adjacent to an activating group) is 1. The van der Waals surface area contributed by atoms with Gasteiger partial charge >= 0.3 is 0 Å². The van der Waals surface area contributed by atoms with Crippen LogP contribution in [0.1, 0.15) is 81.8 Å². The van der Waals surface area contributed by atoms with Crippen LogP contribution >= 0.6 is 11.3 Å². The van der Waals surface area contributed by atoms with Gasteiger partial charge < -0.3 is 45.9 Å². The first-order chi connectivity index (χ1) is 33.5. The van der Waals surface area contributed by atoms with Gasteiger partial charge in [-0.2, -0.15) is 4.39 Å². The first kappa shape index (κ1) is 50.9. The van der Waals surface area contributed by atoms with Gasteiger partial charge in [0.2, 0.25) is 29.4 Å². The number of carbonyl (C=O) groups is 5. The molecule has 7 rings (SSSR count). The number of hydrogen-bond acceptors (Lipinski definition) is 11. The molecule has 69 heavy (non-hydrogen) atoms. The summed E-state index contributed by atoms with van der Waals surface area (Å²) < 4.78 is 40.5. The molecule has 15 nitrogen and oxygen atoms in total. The number of amides is 5. The Kier molecular flexibility index (Phi) is 18.5. The Morgan fingerprint density at radius 1 is 0.812 bits per heavy atom. The van der Waals surface area contributed by atoms with Crippen molar-refractivity contribution in [3.63, 3.8) is 0 Å². The Bertz CT molecular complexity index is 2310. The first-order valence-corrected chi connectivity index (χ1v) is 25.0. The molecule has 4 unspecified atom stereocenters. The predicted octanol–water partition coefficient (Wildman–Crippen LogP) is 5.30. The minimum absolute atomic E-state index is 0.0494. The predicted molar refractivity (Wildman–Crippen MR) is 260 cm³/mol. The fourth-order valence-corrected chi connectivity index (χ4v) is 10.2. The smallest absolute Gasteiger partial charge is 0.257 e. The van der Waals surface area contributed by atoms with Gasteiger partial charge in [-0.3, -0.25) is 24.0 Å². The number of likely N-dealkylation sites (tertiary alicyclic amines) is 1. The summed E-state index contributed by atoms with van der Waals surface area (Å²) in [5.41, 5.74) is 2.24. The molecule has 0 radical (unpaired) electrons. The number of rotatable bonds is 21. The van der Waals surface area contributed by atoms with Crippen molar-refractivity contribution >= 4 is 46.0 Å². The maximum Gasteiger partial charge on any atom is 0.257 e. The van der Waals surface area contributed by atoms with Gasteiger partial charge in [0.25, 0.3) is 5.91 Å². The van der Waals surface area contributed by atoms with Crippen molar-refractivity contribution in [1.29, 1.82) is 0 Å². The van der Waals surface area contributed by atoms with Gasteiger partial charge in [-0.05, 0) is 81.7 Å². The molecule has 3 aliphatic rings. The Morgan fingerprint density at radius 2 is 1.48 bits per heavy atom. The van der Waals surface area contributed by atoms with E-state index in [2.05, 4.69) is 36.5 Å². The maximum atomic E-state index is 15.1. The molecule has 2 aliphatic heterocycles. The third kappa shape index (κ3) is 13.2. The van der Waals surface area contributed by atoms with Crippen molar-refractivity contribution in [1.82, 2.24) is 36.5 Å². The lowest BCUT2D eigenvalue weighted by Gasteiger charge is -2.36. The molecular formula is C51H64F2N8O7S. The molecule has 2 saturated heterocycles. The molecule has 1 aliphatic carbocycles. The van der Waals surface area contributed by atoms with Gasteiger partial charge in [0.1, 0.15) is 18.1 Å². The van der Waals surface area contributed by atoms with Gasteiger partial charge in [0, 0.05) is 49.6 Å². The van der Waals surface area contributed by atoms with Crippen LogP contribution in [0.4, 0.5) is 13.9 Å². The number of thiazole rings is 1. The molecule has 5 amide bonds. The van der Waals surface area contributed by atoms with Crippen molar-refractivity contribution in [2.24, 2.45) is 5.92 Å². The summed E-state index contributed by atoms with van der Waals surface area (Å²) in [5.74, 6) is -5.35. The van der Waals surface area contributed by atoms with Crippen LogP contribution in [0, 0.1) is 17.6 Å². The fourth-order valence-electron chi connectivity index (χ4n) is 9.34. The number of unbranched alkanes of at least 4 members (excludes halogenated alkanes) is 1. The highest BCUT2D eigenvalue weighted by molar-refractivity contribution is 7.14. The van der Waals surface area contributed by atoms with Crippen molar-refractivity contribution in [2.75, 3.05) is 64.5 Å². The molecule has 3 heterocycles. The lowest BCUT2D eigenvalue weighted by atomic mass is 9.83. The Labute approximate surface area is 406 Å².